The van der Waals surface area contributed by atoms with Gasteiger partial charge in [0, 0.05) is 57.9 Å². The van der Waals surface area contributed by atoms with Gasteiger partial charge in [0.15, 0.2) is 0 Å². The fourth-order valence-electron chi connectivity index (χ4n) is 6.06. The van der Waals surface area contributed by atoms with Crippen LogP contribution in [0.3, 0.4) is 0 Å². The number of carbonyl (C=O) groups is 3. The summed E-state index contributed by atoms with van der Waals surface area (Å²) in [5, 5.41) is 3.47. The van der Waals surface area contributed by atoms with Gasteiger partial charge in [0.2, 0.25) is 5.91 Å². The normalized spacial score (nSPS) is 19.9. The van der Waals surface area contributed by atoms with Crippen molar-refractivity contribution in [3.05, 3.63) is 34.9 Å². The van der Waals surface area contributed by atoms with E-state index in [4.69, 9.17) is 26.8 Å². The van der Waals surface area contributed by atoms with Crippen LogP contribution in [0.1, 0.15) is 69.7 Å². The molecule has 3 saturated heterocycles. The number of hydrogen-bond donors (Lipinski definition) is 2. The van der Waals surface area contributed by atoms with Crippen molar-refractivity contribution in [3.63, 3.8) is 0 Å². The molecule has 3 heterocycles. The summed E-state index contributed by atoms with van der Waals surface area (Å²) in [6.07, 6.45) is 8.97. The highest BCUT2D eigenvalue weighted by Crippen LogP contribution is 2.29. The number of ether oxygens (including phenoxy) is 2. The SMILES string of the molecule is COc1cc(N)c(Cl)cc1C(=O)NC1CCN(CC2CCN(C(=O)/C=C/C3CCN(C(=O)OC(C)(C)C)CC3)CC2)CC1. The lowest BCUT2D eigenvalue weighted by Gasteiger charge is -2.37. The molecule has 3 aliphatic heterocycles. The van der Waals surface area contributed by atoms with Gasteiger partial charge >= 0.3 is 6.09 Å². The van der Waals surface area contributed by atoms with E-state index in [1.807, 2.05) is 31.7 Å². The van der Waals surface area contributed by atoms with E-state index in [9.17, 15) is 14.4 Å². The third kappa shape index (κ3) is 9.50. The molecular weight excluding hydrogens is 570 g/mol. The highest BCUT2D eigenvalue weighted by molar-refractivity contribution is 6.33. The van der Waals surface area contributed by atoms with Crippen LogP contribution in [0.2, 0.25) is 5.02 Å². The number of allylic oxidation sites excluding steroid dienone is 1. The predicted octanol–water partition coefficient (Wildman–Crippen LogP) is 4.57. The highest BCUT2D eigenvalue weighted by Gasteiger charge is 2.29. The van der Waals surface area contributed by atoms with Crippen molar-refractivity contribution in [3.8, 4) is 5.75 Å². The summed E-state index contributed by atoms with van der Waals surface area (Å²) in [5.74, 6) is 1.17. The Morgan fingerprint density at radius 3 is 2.21 bits per heavy atom. The van der Waals surface area contributed by atoms with Crippen LogP contribution >= 0.6 is 11.6 Å². The van der Waals surface area contributed by atoms with Crippen molar-refractivity contribution in [2.24, 2.45) is 11.8 Å². The van der Waals surface area contributed by atoms with Gasteiger partial charge in [-0.25, -0.2) is 4.79 Å². The summed E-state index contributed by atoms with van der Waals surface area (Å²) < 4.78 is 10.8. The van der Waals surface area contributed by atoms with E-state index in [0.717, 1.165) is 71.2 Å². The minimum Gasteiger partial charge on any atom is -0.496 e. The molecule has 0 bridgehead atoms. The van der Waals surface area contributed by atoms with Gasteiger partial charge in [0.1, 0.15) is 11.4 Å². The number of hydrogen-bond acceptors (Lipinski definition) is 7. The third-order valence-electron chi connectivity index (χ3n) is 8.63. The van der Waals surface area contributed by atoms with E-state index >= 15 is 0 Å². The van der Waals surface area contributed by atoms with Gasteiger partial charge in [-0.15, -0.1) is 0 Å². The monoisotopic (exact) mass is 617 g/mol. The Balaban J connectivity index is 1.13. The average molecular weight is 618 g/mol. The summed E-state index contributed by atoms with van der Waals surface area (Å²) in [6.45, 7) is 11.4. The highest BCUT2D eigenvalue weighted by atomic mass is 35.5. The number of amides is 3. The van der Waals surface area contributed by atoms with Crippen molar-refractivity contribution in [2.75, 3.05) is 58.7 Å². The van der Waals surface area contributed by atoms with Gasteiger partial charge in [0.25, 0.3) is 5.91 Å². The lowest BCUT2D eigenvalue weighted by Crippen LogP contribution is -2.47. The summed E-state index contributed by atoms with van der Waals surface area (Å²) >= 11 is 6.14. The number of nitrogens with zero attached hydrogens (tertiary/aromatic N) is 3. The van der Waals surface area contributed by atoms with Crippen molar-refractivity contribution in [1.29, 1.82) is 0 Å². The molecule has 1 aromatic carbocycles. The lowest BCUT2D eigenvalue weighted by atomic mass is 9.94. The fourth-order valence-corrected chi connectivity index (χ4v) is 6.23. The first-order valence-corrected chi connectivity index (χ1v) is 15.9. The van der Waals surface area contributed by atoms with E-state index in [1.165, 1.54) is 7.11 Å². The first-order chi connectivity index (χ1) is 20.4. The summed E-state index contributed by atoms with van der Waals surface area (Å²) in [5.41, 5.74) is 6.12. The van der Waals surface area contributed by atoms with Crippen LogP contribution in [0.5, 0.6) is 5.75 Å². The molecule has 3 N–H and O–H groups in total. The number of nitrogens with two attached hydrogens (primary N) is 1. The average Bonchev–Trinajstić information content (AvgIpc) is 2.97. The Labute approximate surface area is 260 Å². The molecule has 43 heavy (non-hydrogen) atoms. The summed E-state index contributed by atoms with van der Waals surface area (Å²) in [4.78, 5) is 44.2. The number of methoxy groups -OCH3 is 1. The first-order valence-electron chi connectivity index (χ1n) is 15.5. The molecule has 0 aliphatic carbocycles. The maximum Gasteiger partial charge on any atom is 0.410 e. The van der Waals surface area contributed by atoms with E-state index in [-0.39, 0.29) is 23.9 Å². The number of carbonyl (C=O) groups excluding carboxylic acids is 3. The molecule has 1 aromatic rings. The van der Waals surface area contributed by atoms with Crippen LogP contribution in [0, 0.1) is 11.8 Å². The summed E-state index contributed by atoms with van der Waals surface area (Å²) in [6, 6.07) is 3.24. The van der Waals surface area contributed by atoms with Crippen LogP contribution in [-0.2, 0) is 9.53 Å². The van der Waals surface area contributed by atoms with Gasteiger partial charge < -0.3 is 35.2 Å². The zero-order valence-corrected chi connectivity index (χ0v) is 26.8. The van der Waals surface area contributed by atoms with Gasteiger partial charge in [0.05, 0.1) is 23.4 Å². The zero-order valence-electron chi connectivity index (χ0n) is 26.1. The number of benzene rings is 1. The van der Waals surface area contributed by atoms with Crippen molar-refractivity contribution < 1.29 is 23.9 Å². The number of nitrogen functional groups attached to an aromatic ring is 1. The number of anilines is 1. The Morgan fingerprint density at radius 1 is 0.977 bits per heavy atom. The second-order valence-corrected chi connectivity index (χ2v) is 13.5. The van der Waals surface area contributed by atoms with E-state index < -0.39 is 5.60 Å². The quantitative estimate of drug-likeness (QED) is 0.340. The molecule has 10 nitrogen and oxygen atoms in total. The molecule has 0 radical (unpaired) electrons. The minimum atomic E-state index is -0.492. The van der Waals surface area contributed by atoms with Crippen LogP contribution in [0.15, 0.2) is 24.3 Å². The van der Waals surface area contributed by atoms with E-state index in [1.54, 1.807) is 23.1 Å². The Bertz CT molecular complexity index is 1160. The number of likely N-dealkylation sites (tertiary alicyclic amines) is 3. The second-order valence-electron chi connectivity index (χ2n) is 13.1. The minimum absolute atomic E-state index is 0.0867. The maximum atomic E-state index is 12.9. The maximum absolute atomic E-state index is 12.9. The van der Waals surface area contributed by atoms with Crippen LogP contribution in [0.25, 0.3) is 0 Å². The largest absolute Gasteiger partial charge is 0.496 e. The predicted molar refractivity (Wildman–Crippen MR) is 168 cm³/mol. The first kappa shape index (κ1) is 32.9. The molecule has 0 atom stereocenters. The standard InChI is InChI=1S/C32H48ClN5O5/c1-32(2,3)43-31(41)38-17-7-22(8-18-38)5-6-29(39)37-15-9-23(10-16-37)21-36-13-11-24(12-14-36)35-30(40)25-19-26(33)27(34)20-28(25)42-4/h5-6,19-20,22-24H,7-18,21,34H2,1-4H3,(H,35,40)/b6-5+. The van der Waals surface area contributed by atoms with Gasteiger partial charge in [-0.2, -0.15) is 0 Å². The molecular formula is C32H48ClN5O5. The van der Waals surface area contributed by atoms with Crippen molar-refractivity contribution >= 4 is 35.2 Å². The van der Waals surface area contributed by atoms with E-state index in [0.29, 0.717) is 46.9 Å². The molecule has 11 heteroatoms. The van der Waals surface area contributed by atoms with Crippen LogP contribution in [0.4, 0.5) is 10.5 Å². The fraction of sp³-hybridized carbons (Fsp3) is 0.656. The number of piperidine rings is 3. The van der Waals surface area contributed by atoms with Gasteiger partial charge in [-0.3, -0.25) is 9.59 Å². The molecule has 0 aromatic heterocycles. The van der Waals surface area contributed by atoms with E-state index in [2.05, 4.69) is 10.2 Å². The Kier molecular flexibility index (Phi) is 11.2. The van der Waals surface area contributed by atoms with Crippen molar-refractivity contribution in [2.45, 2.75) is 70.9 Å². The number of halogens is 1. The molecule has 0 spiro atoms. The lowest BCUT2D eigenvalue weighted by molar-refractivity contribution is -0.127. The summed E-state index contributed by atoms with van der Waals surface area (Å²) in [7, 11) is 1.51. The molecule has 238 valence electrons. The zero-order chi connectivity index (χ0) is 31.1. The van der Waals surface area contributed by atoms with Crippen LogP contribution in [-0.4, -0.2) is 97.2 Å². The van der Waals surface area contributed by atoms with Gasteiger partial charge in [-0.05, 0) is 83.3 Å². The Morgan fingerprint density at radius 2 is 1.60 bits per heavy atom. The molecule has 0 unspecified atom stereocenters. The molecule has 4 rings (SSSR count). The smallest absolute Gasteiger partial charge is 0.410 e. The third-order valence-corrected chi connectivity index (χ3v) is 8.96. The number of rotatable bonds is 7. The molecule has 3 fully saturated rings. The molecule has 3 aliphatic rings. The van der Waals surface area contributed by atoms with Crippen LogP contribution < -0.4 is 15.8 Å². The Hall–Kier alpha value is -2.98. The van der Waals surface area contributed by atoms with Gasteiger partial charge in [-0.1, -0.05) is 17.7 Å². The molecule has 0 saturated carbocycles. The molecule has 3 amide bonds. The number of nitrogens with one attached hydrogen (secondary N) is 1. The van der Waals surface area contributed by atoms with Crippen molar-refractivity contribution in [1.82, 2.24) is 20.0 Å². The topological polar surface area (TPSA) is 117 Å². The second kappa shape index (κ2) is 14.7.